The van der Waals surface area contributed by atoms with Gasteiger partial charge in [-0.2, -0.15) is 0 Å². The van der Waals surface area contributed by atoms with Crippen LogP contribution in [-0.4, -0.2) is 37.8 Å². The largest absolute Gasteiger partial charge is 0.481 e. The molecule has 2 unspecified atom stereocenters. The third-order valence-electron chi connectivity index (χ3n) is 3.83. The summed E-state index contributed by atoms with van der Waals surface area (Å²) in [4.78, 5) is 11.7. The Labute approximate surface area is 73.9 Å². The molecule has 4 bridgehead atoms. The van der Waals surface area contributed by atoms with Crippen LogP contribution in [0.5, 0.6) is 0 Å². The minimum atomic E-state index is 0.321. The van der Waals surface area contributed by atoms with Gasteiger partial charge in [-0.05, 0) is 12.8 Å². The summed E-state index contributed by atoms with van der Waals surface area (Å²) in [7, 11) is 6.17. The minimum Gasteiger partial charge on any atom is -0.395 e. The Morgan fingerprint density at radius 3 is 2.25 bits per heavy atom. The molecule has 0 aromatic carbocycles. The van der Waals surface area contributed by atoms with Crippen molar-refractivity contribution in [3.63, 3.8) is 0 Å². The Kier molecular flexibility index (Phi) is 1.16. The van der Waals surface area contributed by atoms with Crippen LogP contribution in [0, 0.1) is 17.8 Å². The molecule has 0 aromatic heterocycles. The van der Waals surface area contributed by atoms with Crippen molar-refractivity contribution in [2.24, 2.45) is 17.8 Å². The van der Waals surface area contributed by atoms with Crippen molar-refractivity contribution < 1.29 is 9.19 Å². The fourth-order valence-corrected chi connectivity index (χ4v) is 3.56. The second-order valence-corrected chi connectivity index (χ2v) is 4.90. The lowest BCUT2D eigenvalue weighted by Gasteiger charge is -2.56. The van der Waals surface area contributed by atoms with E-state index in [1.165, 1.54) is 0 Å². The molecule has 0 amide bonds. The van der Waals surface area contributed by atoms with Crippen LogP contribution >= 0.6 is 0 Å². The number of hydrogen-bond donors (Lipinski definition) is 0. The topological polar surface area (TPSA) is 17.1 Å². The van der Waals surface area contributed by atoms with Gasteiger partial charge in [0.25, 0.3) is 0 Å². The summed E-state index contributed by atoms with van der Waals surface area (Å²) in [5.41, 5.74) is 0. The van der Waals surface area contributed by atoms with E-state index >= 15 is 0 Å². The van der Waals surface area contributed by atoms with E-state index in [4.69, 9.17) is 7.98 Å². The summed E-state index contributed by atoms with van der Waals surface area (Å²) in [6.45, 7) is 2.97. The van der Waals surface area contributed by atoms with Crippen LogP contribution in [0.15, 0.2) is 0 Å². The van der Waals surface area contributed by atoms with Crippen LogP contribution in [0.1, 0.15) is 12.8 Å². The van der Waals surface area contributed by atoms with Crippen molar-refractivity contribution >= 4 is 13.8 Å². The lowest BCUT2D eigenvalue weighted by molar-refractivity contribution is -0.843. The molecule has 2 nitrogen and oxygen atoms in total. The first-order valence-corrected chi connectivity index (χ1v) is 4.85. The van der Waals surface area contributed by atoms with Crippen molar-refractivity contribution in [2.75, 3.05) is 19.6 Å². The molecule has 62 valence electrons. The van der Waals surface area contributed by atoms with Crippen LogP contribution in [0.25, 0.3) is 0 Å². The molecule has 3 saturated heterocycles. The van der Waals surface area contributed by atoms with E-state index in [0.717, 1.165) is 38.4 Å². The summed E-state index contributed by atoms with van der Waals surface area (Å²) in [5.74, 6) is 1.91. The summed E-state index contributed by atoms with van der Waals surface area (Å²) >= 11 is 0. The van der Waals surface area contributed by atoms with Gasteiger partial charge in [-0.3, -0.25) is 4.79 Å². The number of carbonyl (C=O) groups is 1. The fraction of sp³-hybridized carbons (Fsp3) is 0.889. The minimum absolute atomic E-state index is 0.321. The molecule has 0 aromatic rings. The van der Waals surface area contributed by atoms with E-state index in [0.29, 0.717) is 22.0 Å². The van der Waals surface area contributed by atoms with Gasteiger partial charge in [-0.1, -0.05) is 0 Å². The number of carbonyl (C=O) groups excluding carboxylic acids is 1. The molecule has 3 heteroatoms. The molecule has 2 radical (unpaired) electrons. The average molecular weight is 162 g/mol. The molecule has 2 atom stereocenters. The first kappa shape index (κ1) is 7.13. The number of rotatable bonds is 0. The fourth-order valence-electron chi connectivity index (χ4n) is 3.56. The molecule has 4 rings (SSSR count). The highest BCUT2D eigenvalue weighted by molar-refractivity contribution is 5.98. The zero-order valence-electron chi connectivity index (χ0n) is 7.20. The normalized spacial score (nSPS) is 56.3. The quantitative estimate of drug-likeness (QED) is 0.462. The van der Waals surface area contributed by atoms with Crippen molar-refractivity contribution in [1.82, 2.24) is 0 Å². The van der Waals surface area contributed by atoms with Crippen LogP contribution in [0.4, 0.5) is 0 Å². The second kappa shape index (κ2) is 1.95. The van der Waals surface area contributed by atoms with E-state index < -0.39 is 0 Å². The summed E-state index contributed by atoms with van der Waals surface area (Å²) in [6.07, 6.45) is 2.26. The molecular formula is C9H13BNO+. The first-order chi connectivity index (χ1) is 5.66. The number of ketones is 1. The predicted molar refractivity (Wildman–Crippen MR) is 45.3 cm³/mol. The third-order valence-corrected chi connectivity index (χ3v) is 3.83. The van der Waals surface area contributed by atoms with Gasteiger partial charge in [0.1, 0.15) is 5.78 Å². The number of hydrogen-bond acceptors (Lipinski definition) is 1. The van der Waals surface area contributed by atoms with Crippen LogP contribution in [0.2, 0.25) is 0 Å². The Bertz CT molecular complexity index is 235. The summed E-state index contributed by atoms with van der Waals surface area (Å²) in [5, 5.41) is 0. The summed E-state index contributed by atoms with van der Waals surface area (Å²) < 4.78 is 0.700. The van der Waals surface area contributed by atoms with Crippen LogP contribution in [0.3, 0.4) is 0 Å². The Balaban J connectivity index is 2.00. The van der Waals surface area contributed by atoms with Crippen LogP contribution in [-0.2, 0) is 4.79 Å². The van der Waals surface area contributed by atoms with Crippen LogP contribution < -0.4 is 0 Å². The number of piperidine rings is 3. The second-order valence-electron chi connectivity index (χ2n) is 4.90. The molecule has 0 N–H and O–H groups in total. The zero-order valence-corrected chi connectivity index (χ0v) is 7.20. The number of nitrogens with zero attached hydrogens (tertiary/aromatic N) is 1. The maximum Gasteiger partial charge on any atom is 0.481 e. The van der Waals surface area contributed by atoms with Gasteiger partial charge in [0.15, 0.2) is 0 Å². The molecule has 4 aliphatic rings. The van der Waals surface area contributed by atoms with Crippen molar-refractivity contribution in [2.45, 2.75) is 12.8 Å². The van der Waals surface area contributed by atoms with Gasteiger partial charge in [-0.25, -0.2) is 0 Å². The highest BCUT2D eigenvalue weighted by atomic mass is 16.1. The van der Waals surface area contributed by atoms with E-state index in [9.17, 15) is 4.79 Å². The molecule has 12 heavy (non-hydrogen) atoms. The van der Waals surface area contributed by atoms with Gasteiger partial charge in [-0.15, -0.1) is 0 Å². The van der Waals surface area contributed by atoms with E-state index in [1.54, 1.807) is 0 Å². The lowest BCUT2D eigenvalue weighted by atomic mass is 9.64. The maximum absolute atomic E-state index is 11.7. The molecule has 0 spiro atoms. The third kappa shape index (κ3) is 0.778. The Morgan fingerprint density at radius 2 is 1.75 bits per heavy atom. The number of Topliss-reactive ketones (excluding diaryl/α,β-unsaturated/α-hetero) is 1. The molecule has 3 heterocycles. The average Bonchev–Trinajstić information content (AvgIpc) is 1.96. The van der Waals surface area contributed by atoms with E-state index in [1.807, 2.05) is 0 Å². The van der Waals surface area contributed by atoms with Crippen molar-refractivity contribution in [3.05, 3.63) is 0 Å². The first-order valence-electron chi connectivity index (χ1n) is 4.85. The smallest absolute Gasteiger partial charge is 0.395 e. The van der Waals surface area contributed by atoms with Gasteiger partial charge >= 0.3 is 7.98 Å². The van der Waals surface area contributed by atoms with E-state index in [-0.39, 0.29) is 0 Å². The molecule has 3 aliphatic heterocycles. The molecular weight excluding hydrogens is 149 g/mol. The van der Waals surface area contributed by atoms with Crippen molar-refractivity contribution in [1.29, 1.82) is 0 Å². The highest BCUT2D eigenvalue weighted by Gasteiger charge is 2.53. The molecule has 4 fully saturated rings. The van der Waals surface area contributed by atoms with Gasteiger partial charge in [0.2, 0.25) is 0 Å². The maximum atomic E-state index is 11.7. The van der Waals surface area contributed by atoms with Gasteiger partial charge in [0, 0.05) is 5.92 Å². The molecule has 1 saturated carbocycles. The number of quaternary nitrogens is 1. The Hall–Kier alpha value is -0.305. The lowest BCUT2D eigenvalue weighted by Crippen LogP contribution is -2.67. The molecule has 1 aliphatic carbocycles. The predicted octanol–water partition coefficient (Wildman–Crippen LogP) is 0.125. The Morgan fingerprint density at radius 1 is 1.17 bits per heavy atom. The SMILES string of the molecule is [B][N+]12CC3CC(C1)C(=O)C(C3)C2. The van der Waals surface area contributed by atoms with Crippen molar-refractivity contribution in [3.8, 4) is 0 Å². The standard InChI is InChI=1S/C9H13BNO/c10-11-3-6-1-7(4-11)9(12)8(2-6)5-11/h6-8H,1-5H2/q+1. The zero-order chi connectivity index (χ0) is 8.34. The monoisotopic (exact) mass is 162 g/mol. The van der Waals surface area contributed by atoms with Gasteiger partial charge in [0.05, 0.1) is 31.5 Å². The highest BCUT2D eigenvalue weighted by Crippen LogP contribution is 2.43. The summed E-state index contributed by atoms with van der Waals surface area (Å²) in [6, 6.07) is 0. The van der Waals surface area contributed by atoms with Gasteiger partial charge < -0.3 is 4.39 Å². The van der Waals surface area contributed by atoms with E-state index in [2.05, 4.69) is 0 Å².